The maximum atomic E-state index is 13.7. The van der Waals surface area contributed by atoms with Crippen molar-refractivity contribution in [1.82, 2.24) is 15.5 Å². The summed E-state index contributed by atoms with van der Waals surface area (Å²) in [6, 6.07) is 8.26. The molecule has 0 saturated carbocycles. The zero-order chi connectivity index (χ0) is 22.2. The van der Waals surface area contributed by atoms with Crippen LogP contribution in [-0.4, -0.2) is 29.3 Å². The first-order chi connectivity index (χ1) is 14.0. The van der Waals surface area contributed by atoms with Gasteiger partial charge < -0.3 is 10.6 Å². The van der Waals surface area contributed by atoms with Crippen LogP contribution >= 0.6 is 23.2 Å². The Balaban J connectivity index is 1.72. The average Bonchev–Trinajstić information content (AvgIpc) is 2.89. The van der Waals surface area contributed by atoms with Gasteiger partial charge >= 0.3 is 6.03 Å². The monoisotopic (exact) mass is 451 g/mol. The largest absolute Gasteiger partial charge is 0.348 e. The minimum Gasteiger partial charge on any atom is -0.348 e. The summed E-state index contributed by atoms with van der Waals surface area (Å²) < 4.78 is 13.7. The van der Waals surface area contributed by atoms with Crippen LogP contribution in [0.1, 0.15) is 36.6 Å². The molecule has 6 nitrogen and oxygen atoms in total. The summed E-state index contributed by atoms with van der Waals surface area (Å²) in [6.45, 7) is 4.63. The van der Waals surface area contributed by atoms with Crippen LogP contribution in [0.25, 0.3) is 0 Å². The molecule has 2 atom stereocenters. The molecule has 2 aromatic rings. The van der Waals surface area contributed by atoms with E-state index < -0.39 is 41.8 Å². The maximum Gasteiger partial charge on any atom is 0.325 e. The minimum absolute atomic E-state index is 0.128. The predicted octanol–water partition coefficient (Wildman–Crippen LogP) is 4.09. The first-order valence-corrected chi connectivity index (χ1v) is 9.93. The second kappa shape index (κ2) is 8.24. The highest BCUT2D eigenvalue weighted by Crippen LogP contribution is 2.30. The Bertz CT molecular complexity index is 1030. The zero-order valence-corrected chi connectivity index (χ0v) is 18.1. The molecule has 30 heavy (non-hydrogen) atoms. The Morgan fingerprint density at radius 2 is 1.83 bits per heavy atom. The van der Waals surface area contributed by atoms with Crippen LogP contribution < -0.4 is 10.6 Å². The zero-order valence-electron chi connectivity index (χ0n) is 16.6. The Morgan fingerprint density at radius 1 is 1.20 bits per heavy atom. The number of nitrogens with one attached hydrogen (secondary N) is 2. The molecule has 9 heteroatoms. The number of carbonyl (C=O) groups is 3. The van der Waals surface area contributed by atoms with Gasteiger partial charge in [-0.25, -0.2) is 9.18 Å². The number of imide groups is 1. The molecule has 1 aliphatic rings. The van der Waals surface area contributed by atoms with Gasteiger partial charge in [-0.1, -0.05) is 53.0 Å². The fraction of sp³-hybridized carbons (Fsp3) is 0.286. The summed E-state index contributed by atoms with van der Waals surface area (Å²) in [5.41, 5.74) is 0.695. The van der Waals surface area contributed by atoms with Crippen LogP contribution in [0.4, 0.5) is 9.18 Å². The number of nitrogens with zero attached hydrogens (tertiary/aromatic N) is 1. The summed E-state index contributed by atoms with van der Waals surface area (Å²) in [5.74, 6) is -1.79. The van der Waals surface area contributed by atoms with Gasteiger partial charge in [0, 0.05) is 5.02 Å². The van der Waals surface area contributed by atoms with Crippen molar-refractivity contribution in [3.63, 3.8) is 0 Å². The molecule has 0 aromatic heterocycles. The second-order valence-corrected chi connectivity index (χ2v) is 8.20. The van der Waals surface area contributed by atoms with Gasteiger partial charge in [0.25, 0.3) is 5.91 Å². The van der Waals surface area contributed by atoms with Crippen molar-refractivity contribution in [3.05, 3.63) is 69.0 Å². The fourth-order valence-electron chi connectivity index (χ4n) is 3.30. The third-order valence-electron chi connectivity index (χ3n) is 5.09. The van der Waals surface area contributed by atoms with Crippen LogP contribution in [0, 0.1) is 12.7 Å². The topological polar surface area (TPSA) is 78.5 Å². The number of urea groups is 1. The quantitative estimate of drug-likeness (QED) is 0.530. The molecule has 1 saturated heterocycles. The van der Waals surface area contributed by atoms with Gasteiger partial charge in [-0.15, -0.1) is 0 Å². The lowest BCUT2D eigenvalue weighted by Crippen LogP contribution is -2.43. The van der Waals surface area contributed by atoms with Gasteiger partial charge in [0.2, 0.25) is 5.91 Å². The highest BCUT2D eigenvalue weighted by atomic mass is 35.5. The highest BCUT2D eigenvalue weighted by molar-refractivity contribution is 6.35. The molecule has 1 fully saturated rings. The van der Waals surface area contributed by atoms with Crippen molar-refractivity contribution in [2.75, 3.05) is 6.54 Å². The van der Waals surface area contributed by atoms with Crippen LogP contribution in [0.5, 0.6) is 0 Å². The third kappa shape index (κ3) is 4.13. The number of benzene rings is 2. The molecular weight excluding hydrogens is 432 g/mol. The Morgan fingerprint density at radius 3 is 2.47 bits per heavy atom. The summed E-state index contributed by atoms with van der Waals surface area (Å²) in [4.78, 5) is 38.7. The molecule has 158 valence electrons. The van der Waals surface area contributed by atoms with Crippen molar-refractivity contribution in [2.45, 2.75) is 32.4 Å². The lowest BCUT2D eigenvalue weighted by Gasteiger charge is -2.22. The molecule has 1 heterocycles. The number of carbonyl (C=O) groups excluding carboxylic acids is 3. The first-order valence-electron chi connectivity index (χ1n) is 9.18. The van der Waals surface area contributed by atoms with Gasteiger partial charge in [-0.05, 0) is 44.0 Å². The van der Waals surface area contributed by atoms with Crippen molar-refractivity contribution >= 4 is 41.0 Å². The standard InChI is InChI=1S/C21H20Cl2FN3O3/c1-11-4-6-13(7-5-11)21(3)19(29)27(20(30)26-21)10-18(28)25-12(2)14-8-17(24)16(23)9-15(14)22/h4-9,12H,10H2,1-3H3,(H,25,28)(H,26,30). The molecule has 2 unspecified atom stereocenters. The van der Waals surface area contributed by atoms with E-state index in [0.29, 0.717) is 11.1 Å². The van der Waals surface area contributed by atoms with Crippen LogP contribution in [0.2, 0.25) is 10.0 Å². The first kappa shape index (κ1) is 22.1. The summed E-state index contributed by atoms with van der Waals surface area (Å²) in [6.07, 6.45) is 0. The molecule has 3 rings (SSSR count). The van der Waals surface area contributed by atoms with E-state index in [4.69, 9.17) is 23.2 Å². The van der Waals surface area contributed by atoms with E-state index in [1.165, 1.54) is 6.07 Å². The van der Waals surface area contributed by atoms with Crippen LogP contribution in [-0.2, 0) is 15.1 Å². The third-order valence-corrected chi connectivity index (χ3v) is 5.71. The maximum absolute atomic E-state index is 13.7. The molecule has 2 aromatic carbocycles. The summed E-state index contributed by atoms with van der Waals surface area (Å²) >= 11 is 11.8. The number of hydrogen-bond acceptors (Lipinski definition) is 3. The molecule has 0 bridgehead atoms. The number of amides is 4. The normalized spacial score (nSPS) is 19.6. The van der Waals surface area contributed by atoms with Crippen molar-refractivity contribution in [3.8, 4) is 0 Å². The smallest absolute Gasteiger partial charge is 0.325 e. The number of aryl methyl sites for hydroxylation is 1. The highest BCUT2D eigenvalue weighted by Gasteiger charge is 2.49. The van der Waals surface area contributed by atoms with E-state index in [0.717, 1.165) is 16.5 Å². The summed E-state index contributed by atoms with van der Waals surface area (Å²) in [7, 11) is 0. The molecule has 1 aliphatic heterocycles. The second-order valence-electron chi connectivity index (χ2n) is 7.39. The summed E-state index contributed by atoms with van der Waals surface area (Å²) in [5, 5.41) is 5.33. The Kier molecular flexibility index (Phi) is 6.06. The van der Waals surface area contributed by atoms with E-state index in [1.807, 2.05) is 19.1 Å². The van der Waals surface area contributed by atoms with Crippen LogP contribution in [0.15, 0.2) is 36.4 Å². The molecule has 0 spiro atoms. The number of rotatable bonds is 5. The minimum atomic E-state index is -1.26. The van der Waals surface area contributed by atoms with Gasteiger partial charge in [0.1, 0.15) is 17.9 Å². The molecule has 0 radical (unpaired) electrons. The van der Waals surface area contributed by atoms with E-state index >= 15 is 0 Å². The number of hydrogen-bond donors (Lipinski definition) is 2. The molecule has 4 amide bonds. The van der Waals surface area contributed by atoms with Gasteiger partial charge in [0.15, 0.2) is 0 Å². The SMILES string of the molecule is Cc1ccc(C2(C)NC(=O)N(CC(=O)NC(C)c3cc(F)c(Cl)cc3Cl)C2=O)cc1. The van der Waals surface area contributed by atoms with Crippen LogP contribution in [0.3, 0.4) is 0 Å². The average molecular weight is 452 g/mol. The van der Waals surface area contributed by atoms with Crippen molar-refractivity contribution < 1.29 is 18.8 Å². The van der Waals surface area contributed by atoms with Gasteiger partial charge in [-0.3, -0.25) is 14.5 Å². The van der Waals surface area contributed by atoms with Crippen molar-refractivity contribution in [2.24, 2.45) is 0 Å². The van der Waals surface area contributed by atoms with Gasteiger partial charge in [-0.2, -0.15) is 0 Å². The fourth-order valence-corrected chi connectivity index (χ4v) is 3.85. The molecular formula is C21H20Cl2FN3O3. The Hall–Kier alpha value is -2.64. The lowest BCUT2D eigenvalue weighted by molar-refractivity contribution is -0.135. The van der Waals surface area contributed by atoms with E-state index in [-0.39, 0.29) is 10.0 Å². The molecule has 2 N–H and O–H groups in total. The van der Waals surface area contributed by atoms with E-state index in [9.17, 15) is 18.8 Å². The lowest BCUT2D eigenvalue weighted by atomic mass is 9.91. The van der Waals surface area contributed by atoms with E-state index in [2.05, 4.69) is 10.6 Å². The number of halogens is 3. The van der Waals surface area contributed by atoms with E-state index in [1.54, 1.807) is 26.0 Å². The van der Waals surface area contributed by atoms with Crippen molar-refractivity contribution in [1.29, 1.82) is 0 Å². The van der Waals surface area contributed by atoms with Gasteiger partial charge in [0.05, 0.1) is 11.1 Å². The predicted molar refractivity (Wildman–Crippen MR) is 112 cm³/mol. The molecule has 0 aliphatic carbocycles. The Labute approximate surface area is 183 Å².